The van der Waals surface area contributed by atoms with Crippen molar-refractivity contribution in [3.63, 3.8) is 0 Å². The van der Waals surface area contributed by atoms with Crippen LogP contribution in [0, 0.1) is 0 Å². The van der Waals surface area contributed by atoms with Crippen LogP contribution in [0.4, 0.5) is 11.4 Å². The highest BCUT2D eigenvalue weighted by Crippen LogP contribution is 2.29. The third-order valence-corrected chi connectivity index (χ3v) is 3.31. The molecule has 0 spiro atoms. The van der Waals surface area contributed by atoms with Gasteiger partial charge in [0.2, 0.25) is 10.9 Å². The van der Waals surface area contributed by atoms with Gasteiger partial charge in [-0.2, -0.15) is 0 Å². The van der Waals surface area contributed by atoms with Gasteiger partial charge >= 0.3 is 0 Å². The van der Waals surface area contributed by atoms with Crippen LogP contribution in [0.15, 0.2) is 58.1 Å². The lowest BCUT2D eigenvalue weighted by Crippen LogP contribution is -2.34. The van der Waals surface area contributed by atoms with Gasteiger partial charge in [-0.05, 0) is 35.4 Å². The van der Waals surface area contributed by atoms with Crippen molar-refractivity contribution >= 4 is 11.4 Å². The molecule has 0 aromatic heterocycles. The summed E-state index contributed by atoms with van der Waals surface area (Å²) >= 11 is 0. The first-order chi connectivity index (χ1) is 9.58. The maximum atomic E-state index is 11.8. The normalized spacial score (nSPS) is 10.8. The highest BCUT2D eigenvalue weighted by Gasteiger charge is 2.23. The Kier molecular flexibility index (Phi) is 2.64. The van der Waals surface area contributed by atoms with Crippen molar-refractivity contribution in [1.29, 1.82) is 0 Å². The van der Waals surface area contributed by atoms with E-state index in [9.17, 15) is 9.59 Å². The van der Waals surface area contributed by atoms with E-state index in [1.165, 1.54) is 0 Å². The van der Waals surface area contributed by atoms with Crippen LogP contribution >= 0.6 is 0 Å². The standard InChI is InChI=1S/C16H12N2O2/c17-11-5-1-9(2-6-11)13-14(16(20)15(13)19)10-3-7-12(18)8-4-10/h1-8H,17-18H2. The lowest BCUT2D eigenvalue weighted by atomic mass is 9.89. The third-order valence-electron chi connectivity index (χ3n) is 3.31. The van der Waals surface area contributed by atoms with Gasteiger partial charge in [-0.25, -0.2) is 0 Å². The largest absolute Gasteiger partial charge is 0.399 e. The number of hydrogen-bond acceptors (Lipinski definition) is 4. The molecule has 4 nitrogen and oxygen atoms in total. The lowest BCUT2D eigenvalue weighted by Gasteiger charge is -2.11. The molecule has 0 saturated heterocycles. The van der Waals surface area contributed by atoms with E-state index in [1.807, 2.05) is 0 Å². The van der Waals surface area contributed by atoms with Crippen molar-refractivity contribution < 1.29 is 0 Å². The Morgan fingerprint density at radius 2 is 0.850 bits per heavy atom. The molecular formula is C16H12N2O2. The molecule has 4 heteroatoms. The fraction of sp³-hybridized carbons (Fsp3) is 0. The first kappa shape index (κ1) is 12.2. The van der Waals surface area contributed by atoms with Crippen molar-refractivity contribution in [2.45, 2.75) is 0 Å². The molecule has 4 N–H and O–H groups in total. The van der Waals surface area contributed by atoms with E-state index >= 15 is 0 Å². The average molecular weight is 264 g/mol. The van der Waals surface area contributed by atoms with E-state index in [0.29, 0.717) is 33.6 Å². The Morgan fingerprint density at radius 3 is 1.15 bits per heavy atom. The molecule has 0 amide bonds. The van der Waals surface area contributed by atoms with Crippen LogP contribution in [0.3, 0.4) is 0 Å². The molecule has 0 fully saturated rings. The van der Waals surface area contributed by atoms with Gasteiger partial charge in [0.1, 0.15) is 0 Å². The summed E-state index contributed by atoms with van der Waals surface area (Å²) < 4.78 is 0. The molecule has 0 saturated carbocycles. The van der Waals surface area contributed by atoms with E-state index in [-0.39, 0.29) is 0 Å². The van der Waals surface area contributed by atoms with E-state index in [4.69, 9.17) is 11.5 Å². The molecule has 0 bridgehead atoms. The van der Waals surface area contributed by atoms with Gasteiger partial charge in [0.25, 0.3) is 0 Å². The predicted octanol–water partition coefficient (Wildman–Crippen LogP) is 1.78. The Hall–Kier alpha value is -2.88. The fourth-order valence-electron chi connectivity index (χ4n) is 2.24. The first-order valence-corrected chi connectivity index (χ1v) is 6.13. The summed E-state index contributed by atoms with van der Waals surface area (Å²) in [5, 5.41) is 0. The van der Waals surface area contributed by atoms with Crippen LogP contribution in [0.25, 0.3) is 22.3 Å². The van der Waals surface area contributed by atoms with Crippen LogP contribution < -0.4 is 22.3 Å². The molecular weight excluding hydrogens is 252 g/mol. The van der Waals surface area contributed by atoms with Crippen LogP contribution in [0.1, 0.15) is 0 Å². The highest BCUT2D eigenvalue weighted by atomic mass is 16.2. The van der Waals surface area contributed by atoms with E-state index in [0.717, 1.165) is 0 Å². The average Bonchev–Trinajstić information content (AvgIpc) is 2.46. The second-order valence-corrected chi connectivity index (χ2v) is 4.65. The van der Waals surface area contributed by atoms with Crippen molar-refractivity contribution in [3.8, 4) is 22.3 Å². The smallest absolute Gasteiger partial charge is 0.234 e. The van der Waals surface area contributed by atoms with Gasteiger partial charge in [-0.1, -0.05) is 24.3 Å². The first-order valence-electron chi connectivity index (χ1n) is 6.13. The number of nitrogens with two attached hydrogens (primary N) is 2. The van der Waals surface area contributed by atoms with Gasteiger partial charge in [0.05, 0.1) is 0 Å². The van der Waals surface area contributed by atoms with Gasteiger partial charge < -0.3 is 11.5 Å². The minimum absolute atomic E-state index is 0.444. The number of rotatable bonds is 2. The molecule has 0 unspecified atom stereocenters. The van der Waals surface area contributed by atoms with Crippen molar-refractivity contribution in [2.75, 3.05) is 11.5 Å². The Balaban J connectivity index is 2.17. The summed E-state index contributed by atoms with van der Waals surface area (Å²) in [6.07, 6.45) is 0. The molecule has 3 aromatic carbocycles. The van der Waals surface area contributed by atoms with Gasteiger partial charge in [-0.15, -0.1) is 0 Å². The molecule has 0 atom stereocenters. The summed E-state index contributed by atoms with van der Waals surface area (Å²) in [7, 11) is 0. The maximum Gasteiger partial charge on any atom is 0.234 e. The van der Waals surface area contributed by atoms with Crippen molar-refractivity contribution in [3.05, 3.63) is 69.0 Å². The second kappa shape index (κ2) is 4.35. The molecule has 0 radical (unpaired) electrons. The summed E-state index contributed by atoms with van der Waals surface area (Å²) in [4.78, 5) is 23.7. The van der Waals surface area contributed by atoms with Crippen LogP contribution in [0.5, 0.6) is 0 Å². The number of anilines is 2. The molecule has 3 rings (SSSR count). The lowest BCUT2D eigenvalue weighted by molar-refractivity contribution is 1.40. The van der Waals surface area contributed by atoms with E-state index < -0.39 is 10.9 Å². The van der Waals surface area contributed by atoms with E-state index in [2.05, 4.69) is 0 Å². The molecule has 20 heavy (non-hydrogen) atoms. The zero-order valence-electron chi connectivity index (χ0n) is 10.6. The SMILES string of the molecule is Nc1ccc(-c2c(-c3ccc(N)cc3)c(=O)c2=O)cc1. The van der Waals surface area contributed by atoms with Gasteiger partial charge in [0, 0.05) is 22.5 Å². The van der Waals surface area contributed by atoms with Crippen molar-refractivity contribution in [1.82, 2.24) is 0 Å². The summed E-state index contributed by atoms with van der Waals surface area (Å²) in [6.45, 7) is 0. The Labute approximate surface area is 115 Å². The van der Waals surface area contributed by atoms with Crippen LogP contribution in [-0.4, -0.2) is 0 Å². The Bertz CT molecular complexity index is 767. The summed E-state index contributed by atoms with van der Waals surface area (Å²) in [6, 6.07) is 13.8. The molecule has 0 aliphatic heterocycles. The van der Waals surface area contributed by atoms with Gasteiger partial charge in [-0.3, -0.25) is 9.59 Å². The Morgan fingerprint density at radius 1 is 0.550 bits per heavy atom. The van der Waals surface area contributed by atoms with Gasteiger partial charge in [0.15, 0.2) is 0 Å². The van der Waals surface area contributed by atoms with Crippen molar-refractivity contribution in [2.24, 2.45) is 0 Å². The molecule has 0 aliphatic rings. The molecule has 0 heterocycles. The highest BCUT2D eigenvalue weighted by molar-refractivity contribution is 5.87. The van der Waals surface area contributed by atoms with Crippen LogP contribution in [0.2, 0.25) is 0 Å². The summed E-state index contributed by atoms with van der Waals surface area (Å²) in [5.74, 6) is 0. The minimum atomic E-state index is -0.457. The van der Waals surface area contributed by atoms with Crippen LogP contribution in [-0.2, 0) is 0 Å². The minimum Gasteiger partial charge on any atom is -0.399 e. The van der Waals surface area contributed by atoms with E-state index in [1.54, 1.807) is 48.5 Å². The number of hydrogen-bond donors (Lipinski definition) is 2. The summed E-state index contributed by atoms with van der Waals surface area (Å²) in [5.41, 5.74) is 13.9. The monoisotopic (exact) mass is 264 g/mol. The maximum absolute atomic E-state index is 11.8. The number of benzene rings is 2. The topological polar surface area (TPSA) is 86.2 Å². The fourth-order valence-corrected chi connectivity index (χ4v) is 2.24. The molecule has 3 aromatic rings. The molecule has 98 valence electrons. The zero-order valence-corrected chi connectivity index (χ0v) is 10.6. The third kappa shape index (κ3) is 1.78. The predicted molar refractivity (Wildman–Crippen MR) is 81.1 cm³/mol. The quantitative estimate of drug-likeness (QED) is 0.545. The molecule has 0 aliphatic carbocycles. The number of nitrogen functional groups attached to an aromatic ring is 2. The second-order valence-electron chi connectivity index (χ2n) is 4.65. The zero-order chi connectivity index (χ0) is 14.3.